The molecule has 1 aromatic rings. The minimum Gasteiger partial charge on any atom is -0.492 e. The van der Waals surface area contributed by atoms with Crippen LogP contribution in [0.3, 0.4) is 0 Å². The van der Waals surface area contributed by atoms with E-state index in [-0.39, 0.29) is 6.03 Å². The third-order valence-corrected chi connectivity index (χ3v) is 2.86. The molecule has 5 nitrogen and oxygen atoms in total. The van der Waals surface area contributed by atoms with Crippen molar-refractivity contribution in [1.82, 2.24) is 15.5 Å². The fraction of sp³-hybridized carbons (Fsp3) is 0.500. The molecule has 2 N–H and O–H groups in total. The molecule has 0 spiro atoms. The molecule has 0 aliphatic carbocycles. The van der Waals surface area contributed by atoms with Gasteiger partial charge < -0.3 is 20.3 Å². The van der Waals surface area contributed by atoms with Crippen molar-refractivity contribution in [2.24, 2.45) is 0 Å². The highest BCUT2D eigenvalue weighted by Gasteiger charge is 2.01. The quantitative estimate of drug-likeness (QED) is 0.722. The average Bonchev–Trinajstić information content (AvgIpc) is 2.40. The zero-order valence-electron chi connectivity index (χ0n) is 12.0. The normalized spacial score (nSPS) is 10.4. The molecule has 0 aromatic heterocycles. The summed E-state index contributed by atoms with van der Waals surface area (Å²) in [5.41, 5.74) is 0. The molecule has 20 heavy (non-hydrogen) atoms. The van der Waals surface area contributed by atoms with Crippen LogP contribution in [0, 0.1) is 0 Å². The maximum atomic E-state index is 11.4. The van der Waals surface area contributed by atoms with Gasteiger partial charge in [0.25, 0.3) is 0 Å². The summed E-state index contributed by atoms with van der Waals surface area (Å²) in [5, 5.41) is 6.15. The predicted molar refractivity (Wildman–Crippen MR) is 81.5 cm³/mol. The Kier molecular flexibility index (Phi) is 7.84. The highest BCUT2D eigenvalue weighted by molar-refractivity contribution is 6.32. The third kappa shape index (κ3) is 7.21. The van der Waals surface area contributed by atoms with Crippen molar-refractivity contribution in [2.75, 3.05) is 40.3 Å². The Morgan fingerprint density at radius 2 is 1.95 bits per heavy atom. The summed E-state index contributed by atoms with van der Waals surface area (Å²) < 4.78 is 5.52. The lowest BCUT2D eigenvalue weighted by atomic mass is 10.3. The minimum atomic E-state index is -0.149. The highest BCUT2D eigenvalue weighted by Crippen LogP contribution is 2.22. The number of benzene rings is 1. The van der Waals surface area contributed by atoms with Crippen LogP contribution < -0.4 is 15.4 Å². The van der Waals surface area contributed by atoms with E-state index in [0.717, 1.165) is 13.0 Å². The number of carbonyl (C=O) groups is 1. The third-order valence-electron chi connectivity index (χ3n) is 2.55. The Labute approximate surface area is 125 Å². The summed E-state index contributed by atoms with van der Waals surface area (Å²) in [6.07, 6.45) is 0.728. The van der Waals surface area contributed by atoms with E-state index < -0.39 is 0 Å². The summed E-state index contributed by atoms with van der Waals surface area (Å²) >= 11 is 5.96. The van der Waals surface area contributed by atoms with Crippen LogP contribution in [0.15, 0.2) is 24.3 Å². The lowest BCUT2D eigenvalue weighted by Gasteiger charge is -2.11. The molecule has 6 heteroatoms. The van der Waals surface area contributed by atoms with Crippen LogP contribution in [-0.2, 0) is 0 Å². The second-order valence-electron chi connectivity index (χ2n) is 4.62. The van der Waals surface area contributed by atoms with Gasteiger partial charge in [0, 0.05) is 19.6 Å². The van der Waals surface area contributed by atoms with E-state index in [1.165, 1.54) is 0 Å². The first-order chi connectivity index (χ1) is 9.59. The molecule has 2 amide bonds. The SMILES string of the molecule is CN(C)CCNC(=O)NCCCOc1ccccc1Cl. The van der Waals surface area contributed by atoms with Gasteiger partial charge >= 0.3 is 6.03 Å². The number of hydrogen-bond acceptors (Lipinski definition) is 3. The number of amides is 2. The lowest BCUT2D eigenvalue weighted by Crippen LogP contribution is -2.39. The number of halogens is 1. The Bertz CT molecular complexity index is 413. The predicted octanol–water partition coefficient (Wildman–Crippen LogP) is 1.97. The number of ether oxygens (including phenoxy) is 1. The molecule has 112 valence electrons. The first kappa shape index (κ1) is 16.6. The van der Waals surface area contributed by atoms with Gasteiger partial charge in [-0.05, 0) is 32.6 Å². The summed E-state index contributed by atoms with van der Waals surface area (Å²) in [4.78, 5) is 13.4. The van der Waals surface area contributed by atoms with Gasteiger partial charge in [0.1, 0.15) is 5.75 Å². The average molecular weight is 300 g/mol. The maximum Gasteiger partial charge on any atom is 0.314 e. The molecule has 1 rings (SSSR count). The van der Waals surface area contributed by atoms with Gasteiger partial charge in [0.2, 0.25) is 0 Å². The maximum absolute atomic E-state index is 11.4. The number of rotatable bonds is 8. The van der Waals surface area contributed by atoms with Crippen LogP contribution >= 0.6 is 11.6 Å². The van der Waals surface area contributed by atoms with E-state index in [9.17, 15) is 4.79 Å². The number of hydrogen-bond donors (Lipinski definition) is 2. The van der Waals surface area contributed by atoms with Gasteiger partial charge in [-0.25, -0.2) is 4.79 Å². The van der Waals surface area contributed by atoms with Gasteiger partial charge in [0.05, 0.1) is 11.6 Å². The van der Waals surface area contributed by atoms with Gasteiger partial charge in [-0.3, -0.25) is 0 Å². The van der Waals surface area contributed by atoms with Crippen LogP contribution in [0.5, 0.6) is 5.75 Å². The zero-order chi connectivity index (χ0) is 14.8. The van der Waals surface area contributed by atoms with Crippen LogP contribution in [-0.4, -0.2) is 51.3 Å². The van der Waals surface area contributed by atoms with E-state index in [0.29, 0.717) is 30.5 Å². The minimum absolute atomic E-state index is 0.149. The monoisotopic (exact) mass is 299 g/mol. The summed E-state index contributed by atoms with van der Waals surface area (Å²) in [6, 6.07) is 7.19. The molecular formula is C14H22ClN3O2. The molecule has 0 bridgehead atoms. The van der Waals surface area contributed by atoms with Gasteiger partial charge in [-0.1, -0.05) is 23.7 Å². The number of likely N-dealkylation sites (N-methyl/N-ethyl adjacent to an activating group) is 1. The molecule has 0 saturated carbocycles. The first-order valence-corrected chi connectivity index (χ1v) is 7.01. The van der Waals surface area contributed by atoms with E-state index in [1.54, 1.807) is 6.07 Å². The molecular weight excluding hydrogens is 278 g/mol. The summed E-state index contributed by atoms with van der Waals surface area (Å²) in [6.45, 7) is 2.54. The fourth-order valence-electron chi connectivity index (χ4n) is 1.47. The smallest absolute Gasteiger partial charge is 0.314 e. The standard InChI is InChI=1S/C14H22ClN3O2/c1-18(2)10-9-17-14(19)16-8-5-11-20-13-7-4-3-6-12(13)15/h3-4,6-7H,5,8-11H2,1-2H3,(H2,16,17,19). The zero-order valence-corrected chi connectivity index (χ0v) is 12.7. The molecule has 0 aliphatic heterocycles. The summed E-state index contributed by atoms with van der Waals surface area (Å²) in [7, 11) is 3.93. The van der Waals surface area contributed by atoms with Crippen molar-refractivity contribution in [1.29, 1.82) is 0 Å². The summed E-state index contributed by atoms with van der Waals surface area (Å²) in [5.74, 6) is 0.671. The Hall–Kier alpha value is -1.46. The van der Waals surface area contributed by atoms with E-state index >= 15 is 0 Å². The van der Waals surface area contributed by atoms with Crippen LogP contribution in [0.25, 0.3) is 0 Å². The van der Waals surface area contributed by atoms with E-state index in [2.05, 4.69) is 10.6 Å². The number of carbonyl (C=O) groups excluding carboxylic acids is 1. The van der Waals surface area contributed by atoms with Gasteiger partial charge in [-0.15, -0.1) is 0 Å². The van der Waals surface area contributed by atoms with Gasteiger partial charge in [-0.2, -0.15) is 0 Å². The van der Waals surface area contributed by atoms with E-state index in [4.69, 9.17) is 16.3 Å². The second kappa shape index (κ2) is 9.44. The Morgan fingerprint density at radius 1 is 1.25 bits per heavy atom. The molecule has 0 unspecified atom stereocenters. The Morgan fingerprint density at radius 3 is 2.65 bits per heavy atom. The second-order valence-corrected chi connectivity index (χ2v) is 5.03. The van der Waals surface area contributed by atoms with E-state index in [1.807, 2.05) is 37.2 Å². The number of nitrogens with one attached hydrogen (secondary N) is 2. The van der Waals surface area contributed by atoms with Crippen LogP contribution in [0.1, 0.15) is 6.42 Å². The van der Waals surface area contributed by atoms with Crippen molar-refractivity contribution in [3.05, 3.63) is 29.3 Å². The Balaban J connectivity index is 2.04. The highest BCUT2D eigenvalue weighted by atomic mass is 35.5. The topological polar surface area (TPSA) is 53.6 Å². The fourth-order valence-corrected chi connectivity index (χ4v) is 1.66. The molecule has 0 radical (unpaired) electrons. The largest absolute Gasteiger partial charge is 0.492 e. The molecule has 0 heterocycles. The lowest BCUT2D eigenvalue weighted by molar-refractivity contribution is 0.237. The molecule has 0 saturated heterocycles. The molecule has 0 atom stereocenters. The molecule has 1 aromatic carbocycles. The van der Waals surface area contributed by atoms with Crippen molar-refractivity contribution in [3.8, 4) is 5.75 Å². The number of para-hydroxylation sites is 1. The first-order valence-electron chi connectivity index (χ1n) is 6.63. The number of urea groups is 1. The van der Waals surface area contributed by atoms with Crippen LogP contribution in [0.2, 0.25) is 5.02 Å². The van der Waals surface area contributed by atoms with Crippen molar-refractivity contribution < 1.29 is 9.53 Å². The van der Waals surface area contributed by atoms with Crippen molar-refractivity contribution in [3.63, 3.8) is 0 Å². The molecule has 0 fully saturated rings. The number of nitrogens with zero attached hydrogens (tertiary/aromatic N) is 1. The van der Waals surface area contributed by atoms with Crippen molar-refractivity contribution in [2.45, 2.75) is 6.42 Å². The van der Waals surface area contributed by atoms with Crippen LogP contribution in [0.4, 0.5) is 4.79 Å². The molecule has 0 aliphatic rings. The van der Waals surface area contributed by atoms with Crippen molar-refractivity contribution >= 4 is 17.6 Å². The van der Waals surface area contributed by atoms with Gasteiger partial charge in [0.15, 0.2) is 0 Å².